The number of hydrogen-bond donors (Lipinski definition) is 0. The Morgan fingerprint density at radius 1 is 1.38 bits per heavy atom. The average Bonchev–Trinajstić information content (AvgIpc) is 2.57. The van der Waals surface area contributed by atoms with Gasteiger partial charge >= 0.3 is 0 Å². The summed E-state index contributed by atoms with van der Waals surface area (Å²) in [4.78, 5) is 2.30. The summed E-state index contributed by atoms with van der Waals surface area (Å²) in [6.45, 7) is 4.32. The number of unbranched alkanes of at least 4 members (excludes halogenated alkanes) is 2. The highest BCUT2D eigenvalue weighted by Crippen LogP contribution is 2.04. The fourth-order valence-corrected chi connectivity index (χ4v) is 1.38. The Labute approximate surface area is 80.5 Å². The molecule has 1 heterocycles. The maximum atomic E-state index is 5.27. The van der Waals surface area contributed by atoms with Crippen LogP contribution in [-0.4, -0.2) is 18.5 Å². The molecule has 0 aromatic carbocycles. The molecule has 0 amide bonds. The Hall–Kier alpha value is -0.760. The van der Waals surface area contributed by atoms with Crippen molar-refractivity contribution in [1.29, 1.82) is 0 Å². The number of nitrogens with zero attached hydrogens (tertiary/aromatic N) is 1. The van der Waals surface area contributed by atoms with Gasteiger partial charge in [0.15, 0.2) is 0 Å². The molecule has 0 aliphatic heterocycles. The first-order chi connectivity index (χ1) is 6.33. The first kappa shape index (κ1) is 10.3. The lowest BCUT2D eigenvalue weighted by Crippen LogP contribution is -2.18. The van der Waals surface area contributed by atoms with Gasteiger partial charge in [-0.1, -0.05) is 19.8 Å². The summed E-state index contributed by atoms with van der Waals surface area (Å²) >= 11 is 0. The van der Waals surface area contributed by atoms with E-state index in [2.05, 4.69) is 18.9 Å². The van der Waals surface area contributed by atoms with Crippen molar-refractivity contribution in [2.24, 2.45) is 0 Å². The zero-order chi connectivity index (χ0) is 9.52. The van der Waals surface area contributed by atoms with Gasteiger partial charge in [-0.2, -0.15) is 0 Å². The number of rotatable bonds is 6. The SMILES string of the molecule is CCCCCN(C)Cc1ccco1. The number of hydrogen-bond acceptors (Lipinski definition) is 2. The quantitative estimate of drug-likeness (QED) is 0.627. The van der Waals surface area contributed by atoms with Crippen molar-refractivity contribution in [3.63, 3.8) is 0 Å². The smallest absolute Gasteiger partial charge is 0.117 e. The van der Waals surface area contributed by atoms with Crippen LogP contribution in [0.4, 0.5) is 0 Å². The predicted molar refractivity (Wildman–Crippen MR) is 54.6 cm³/mol. The first-order valence-electron chi connectivity index (χ1n) is 5.04. The molecule has 1 aromatic rings. The summed E-state index contributed by atoms with van der Waals surface area (Å²) in [5, 5.41) is 0. The van der Waals surface area contributed by atoms with Gasteiger partial charge in [0, 0.05) is 0 Å². The molecular formula is C11H19NO. The Morgan fingerprint density at radius 3 is 2.85 bits per heavy atom. The van der Waals surface area contributed by atoms with Crippen molar-refractivity contribution < 1.29 is 4.42 Å². The molecule has 1 rings (SSSR count). The van der Waals surface area contributed by atoms with Crippen LogP contribution in [0.3, 0.4) is 0 Å². The van der Waals surface area contributed by atoms with Crippen LogP contribution in [0.2, 0.25) is 0 Å². The van der Waals surface area contributed by atoms with Gasteiger partial charge in [-0.25, -0.2) is 0 Å². The first-order valence-corrected chi connectivity index (χ1v) is 5.04. The molecule has 2 heteroatoms. The topological polar surface area (TPSA) is 16.4 Å². The molecule has 0 fully saturated rings. The van der Waals surface area contributed by atoms with Crippen molar-refractivity contribution in [2.45, 2.75) is 32.7 Å². The van der Waals surface area contributed by atoms with E-state index in [4.69, 9.17) is 4.42 Å². The standard InChI is InChI=1S/C11H19NO/c1-3-4-5-8-12(2)10-11-7-6-9-13-11/h6-7,9H,3-5,8,10H2,1-2H3. The predicted octanol–water partition coefficient (Wildman–Crippen LogP) is 2.90. The minimum absolute atomic E-state index is 0.927. The fourth-order valence-electron chi connectivity index (χ4n) is 1.38. The van der Waals surface area contributed by atoms with Gasteiger partial charge in [0.05, 0.1) is 12.8 Å². The molecular weight excluding hydrogens is 162 g/mol. The van der Waals surface area contributed by atoms with Gasteiger partial charge in [-0.15, -0.1) is 0 Å². The molecule has 0 saturated heterocycles. The van der Waals surface area contributed by atoms with Crippen LogP contribution in [0.5, 0.6) is 0 Å². The Morgan fingerprint density at radius 2 is 2.23 bits per heavy atom. The Kier molecular flexibility index (Phi) is 4.61. The molecule has 0 saturated carbocycles. The molecule has 74 valence electrons. The highest BCUT2D eigenvalue weighted by atomic mass is 16.3. The van der Waals surface area contributed by atoms with Crippen molar-refractivity contribution in [3.05, 3.63) is 24.2 Å². The maximum Gasteiger partial charge on any atom is 0.117 e. The van der Waals surface area contributed by atoms with Gasteiger partial charge < -0.3 is 4.42 Å². The van der Waals surface area contributed by atoms with Crippen LogP contribution < -0.4 is 0 Å². The maximum absolute atomic E-state index is 5.27. The minimum Gasteiger partial charge on any atom is -0.468 e. The second kappa shape index (κ2) is 5.81. The van der Waals surface area contributed by atoms with Gasteiger partial charge in [0.1, 0.15) is 5.76 Å². The van der Waals surface area contributed by atoms with Gasteiger partial charge in [0.2, 0.25) is 0 Å². The molecule has 0 bridgehead atoms. The molecule has 13 heavy (non-hydrogen) atoms. The van der Waals surface area contributed by atoms with Crippen molar-refractivity contribution >= 4 is 0 Å². The van der Waals surface area contributed by atoms with Crippen LogP contribution in [0.1, 0.15) is 31.9 Å². The van der Waals surface area contributed by atoms with E-state index in [1.165, 1.54) is 19.3 Å². The molecule has 2 nitrogen and oxygen atoms in total. The summed E-state index contributed by atoms with van der Waals surface area (Å²) in [5.74, 6) is 1.05. The zero-order valence-corrected chi connectivity index (χ0v) is 8.62. The van der Waals surface area contributed by atoms with Crippen LogP contribution in [0, 0.1) is 0 Å². The van der Waals surface area contributed by atoms with Crippen molar-refractivity contribution in [3.8, 4) is 0 Å². The van der Waals surface area contributed by atoms with Crippen LogP contribution in [0.15, 0.2) is 22.8 Å². The number of furan rings is 1. The monoisotopic (exact) mass is 181 g/mol. The zero-order valence-electron chi connectivity index (χ0n) is 8.62. The van der Waals surface area contributed by atoms with E-state index < -0.39 is 0 Å². The van der Waals surface area contributed by atoms with Crippen LogP contribution >= 0.6 is 0 Å². The molecule has 0 aliphatic rings. The lowest BCUT2D eigenvalue weighted by Gasteiger charge is -2.14. The summed E-state index contributed by atoms with van der Waals surface area (Å²) in [6.07, 6.45) is 5.63. The van der Waals surface area contributed by atoms with Gasteiger partial charge in [-0.3, -0.25) is 4.90 Å². The lowest BCUT2D eigenvalue weighted by molar-refractivity contribution is 0.289. The van der Waals surface area contributed by atoms with Gasteiger partial charge in [-0.05, 0) is 32.1 Å². The molecule has 0 radical (unpaired) electrons. The molecule has 0 aliphatic carbocycles. The summed E-state index contributed by atoms with van der Waals surface area (Å²) in [7, 11) is 2.14. The third-order valence-corrected chi connectivity index (χ3v) is 2.15. The Balaban J connectivity index is 2.14. The minimum atomic E-state index is 0.927. The van der Waals surface area contributed by atoms with E-state index >= 15 is 0 Å². The second-order valence-electron chi connectivity index (χ2n) is 3.52. The van der Waals surface area contributed by atoms with E-state index in [9.17, 15) is 0 Å². The third-order valence-electron chi connectivity index (χ3n) is 2.15. The largest absolute Gasteiger partial charge is 0.468 e. The van der Waals surface area contributed by atoms with E-state index in [0.29, 0.717) is 0 Å². The highest BCUT2D eigenvalue weighted by molar-refractivity contribution is 4.97. The van der Waals surface area contributed by atoms with Crippen molar-refractivity contribution in [2.75, 3.05) is 13.6 Å². The van der Waals surface area contributed by atoms with Crippen molar-refractivity contribution in [1.82, 2.24) is 4.90 Å². The van der Waals surface area contributed by atoms with Gasteiger partial charge in [0.25, 0.3) is 0 Å². The summed E-state index contributed by atoms with van der Waals surface area (Å²) < 4.78 is 5.27. The normalized spacial score (nSPS) is 11.0. The van der Waals surface area contributed by atoms with E-state index in [1.54, 1.807) is 6.26 Å². The Bertz CT molecular complexity index is 206. The second-order valence-corrected chi connectivity index (χ2v) is 3.52. The summed E-state index contributed by atoms with van der Waals surface area (Å²) in [5.41, 5.74) is 0. The average molecular weight is 181 g/mol. The third kappa shape index (κ3) is 4.13. The fraction of sp³-hybridized carbons (Fsp3) is 0.636. The van der Waals surface area contributed by atoms with E-state index in [1.807, 2.05) is 12.1 Å². The molecule has 0 atom stereocenters. The molecule has 1 aromatic heterocycles. The molecule has 0 unspecified atom stereocenters. The van der Waals surface area contributed by atoms with Crippen LogP contribution in [0.25, 0.3) is 0 Å². The summed E-state index contributed by atoms with van der Waals surface area (Å²) in [6, 6.07) is 3.96. The molecule has 0 N–H and O–H groups in total. The van der Waals surface area contributed by atoms with E-state index in [-0.39, 0.29) is 0 Å². The highest BCUT2D eigenvalue weighted by Gasteiger charge is 2.00. The lowest BCUT2D eigenvalue weighted by atomic mass is 10.2. The molecule has 0 spiro atoms. The van der Waals surface area contributed by atoms with Crippen LogP contribution in [-0.2, 0) is 6.54 Å². The van der Waals surface area contributed by atoms with E-state index in [0.717, 1.165) is 18.8 Å².